The van der Waals surface area contributed by atoms with Gasteiger partial charge in [0, 0.05) is 30.8 Å². The molecule has 102 valence electrons. The lowest BCUT2D eigenvalue weighted by Gasteiger charge is -2.49. The first-order chi connectivity index (χ1) is 8.58. The Balaban J connectivity index is 1.46. The first-order valence-electron chi connectivity index (χ1n) is 7.43. The van der Waals surface area contributed by atoms with Crippen molar-refractivity contribution in [3.63, 3.8) is 0 Å². The third kappa shape index (κ3) is 2.18. The van der Waals surface area contributed by atoms with Crippen molar-refractivity contribution >= 4 is 5.91 Å². The lowest BCUT2D eigenvalue weighted by Crippen LogP contribution is -2.58. The summed E-state index contributed by atoms with van der Waals surface area (Å²) in [6.07, 6.45) is 4.77. The zero-order valence-electron chi connectivity index (χ0n) is 11.7. The van der Waals surface area contributed by atoms with Gasteiger partial charge in [-0.15, -0.1) is 0 Å². The molecule has 2 aliphatic heterocycles. The van der Waals surface area contributed by atoms with Crippen LogP contribution in [0, 0.1) is 23.2 Å². The Hall–Kier alpha value is -0.570. The van der Waals surface area contributed by atoms with Gasteiger partial charge in [0.05, 0.1) is 13.2 Å². The lowest BCUT2D eigenvalue weighted by molar-refractivity contribution is -0.148. The fraction of sp³-hybridized carbons (Fsp3) is 0.933. The van der Waals surface area contributed by atoms with Crippen LogP contribution in [0.1, 0.15) is 39.5 Å². The van der Waals surface area contributed by atoms with Crippen molar-refractivity contribution in [1.82, 2.24) is 4.90 Å². The van der Waals surface area contributed by atoms with Gasteiger partial charge in [0.15, 0.2) is 0 Å². The molecule has 1 amide bonds. The number of likely N-dealkylation sites (tertiary alicyclic amines) is 1. The van der Waals surface area contributed by atoms with Crippen LogP contribution in [0.15, 0.2) is 0 Å². The molecule has 0 aromatic heterocycles. The summed E-state index contributed by atoms with van der Waals surface area (Å²) < 4.78 is 5.13. The van der Waals surface area contributed by atoms with E-state index in [0.717, 1.165) is 38.1 Å². The molecule has 18 heavy (non-hydrogen) atoms. The molecule has 0 radical (unpaired) electrons. The van der Waals surface area contributed by atoms with E-state index in [1.54, 1.807) is 0 Å². The highest BCUT2D eigenvalue weighted by molar-refractivity contribution is 5.77. The highest BCUT2D eigenvalue weighted by Crippen LogP contribution is 2.50. The Labute approximate surface area is 110 Å². The van der Waals surface area contributed by atoms with Crippen LogP contribution in [0.4, 0.5) is 0 Å². The molecule has 0 aromatic rings. The summed E-state index contributed by atoms with van der Waals surface area (Å²) in [7, 11) is 0. The summed E-state index contributed by atoms with van der Waals surface area (Å²) in [5, 5.41) is 0. The number of nitrogens with zero attached hydrogens (tertiary/aromatic N) is 1. The second-order valence-corrected chi connectivity index (χ2v) is 7.10. The molecular formula is C15H25NO2. The second kappa shape index (κ2) is 4.52. The van der Waals surface area contributed by atoms with Crippen LogP contribution >= 0.6 is 0 Å². The molecule has 2 saturated heterocycles. The predicted octanol–water partition coefficient (Wildman–Crippen LogP) is 2.31. The van der Waals surface area contributed by atoms with Crippen molar-refractivity contribution in [1.29, 1.82) is 0 Å². The summed E-state index contributed by atoms with van der Waals surface area (Å²) in [4.78, 5) is 14.1. The van der Waals surface area contributed by atoms with Crippen LogP contribution < -0.4 is 0 Å². The molecule has 1 spiro atoms. The van der Waals surface area contributed by atoms with E-state index in [2.05, 4.69) is 18.7 Å². The molecule has 0 aromatic carbocycles. The summed E-state index contributed by atoms with van der Waals surface area (Å²) in [6.45, 7) is 8.31. The number of amides is 1. The average Bonchev–Trinajstić information content (AvgIpc) is 2.66. The van der Waals surface area contributed by atoms with E-state index < -0.39 is 0 Å². The Morgan fingerprint density at radius 3 is 2.61 bits per heavy atom. The first-order valence-corrected chi connectivity index (χ1v) is 7.43. The van der Waals surface area contributed by atoms with Crippen molar-refractivity contribution in [3.8, 4) is 0 Å². The molecule has 3 heteroatoms. The molecule has 3 fully saturated rings. The minimum absolute atomic E-state index is 0.363. The SMILES string of the molecule is CC(C)C1CCC2(C1)CN(C(=O)CC1COC1)C2. The summed E-state index contributed by atoms with van der Waals surface area (Å²) in [6, 6.07) is 0. The number of ether oxygens (including phenoxy) is 1. The molecule has 1 aliphatic carbocycles. The Morgan fingerprint density at radius 2 is 2.11 bits per heavy atom. The molecule has 3 nitrogen and oxygen atoms in total. The molecule has 1 unspecified atom stereocenters. The molecule has 1 saturated carbocycles. The van der Waals surface area contributed by atoms with Crippen molar-refractivity contribution in [3.05, 3.63) is 0 Å². The molecule has 3 rings (SSSR count). The van der Waals surface area contributed by atoms with Crippen LogP contribution in [0.3, 0.4) is 0 Å². The van der Waals surface area contributed by atoms with Gasteiger partial charge in [-0.25, -0.2) is 0 Å². The normalized spacial score (nSPS) is 30.6. The fourth-order valence-corrected chi connectivity index (χ4v) is 3.83. The minimum atomic E-state index is 0.363. The molecule has 0 bridgehead atoms. The van der Waals surface area contributed by atoms with E-state index in [1.165, 1.54) is 19.3 Å². The van der Waals surface area contributed by atoms with Crippen molar-refractivity contribution in [2.45, 2.75) is 39.5 Å². The molecule has 0 N–H and O–H groups in total. The number of hydrogen-bond acceptors (Lipinski definition) is 2. The average molecular weight is 251 g/mol. The third-order valence-corrected chi connectivity index (χ3v) is 5.26. The maximum absolute atomic E-state index is 12.1. The van der Waals surface area contributed by atoms with Crippen LogP contribution in [0.5, 0.6) is 0 Å². The quantitative estimate of drug-likeness (QED) is 0.770. The summed E-state index contributed by atoms with van der Waals surface area (Å²) in [5.41, 5.74) is 0.501. The monoisotopic (exact) mass is 251 g/mol. The highest BCUT2D eigenvalue weighted by Gasteiger charge is 2.49. The number of rotatable bonds is 3. The number of carbonyl (C=O) groups excluding carboxylic acids is 1. The minimum Gasteiger partial charge on any atom is -0.381 e. The van der Waals surface area contributed by atoms with Crippen LogP contribution in [-0.4, -0.2) is 37.1 Å². The van der Waals surface area contributed by atoms with Crippen LogP contribution in [0.25, 0.3) is 0 Å². The van der Waals surface area contributed by atoms with Crippen molar-refractivity contribution in [2.75, 3.05) is 26.3 Å². The number of carbonyl (C=O) groups is 1. The van der Waals surface area contributed by atoms with Crippen molar-refractivity contribution in [2.24, 2.45) is 23.2 Å². The van der Waals surface area contributed by atoms with Gasteiger partial charge in [-0.3, -0.25) is 4.79 Å². The van der Waals surface area contributed by atoms with E-state index in [-0.39, 0.29) is 0 Å². The van der Waals surface area contributed by atoms with Gasteiger partial charge < -0.3 is 9.64 Å². The van der Waals surface area contributed by atoms with Gasteiger partial charge in [0.1, 0.15) is 0 Å². The van der Waals surface area contributed by atoms with Gasteiger partial charge in [-0.1, -0.05) is 13.8 Å². The topological polar surface area (TPSA) is 29.5 Å². The zero-order valence-corrected chi connectivity index (χ0v) is 11.7. The van der Waals surface area contributed by atoms with E-state index in [9.17, 15) is 4.79 Å². The summed E-state index contributed by atoms with van der Waals surface area (Å²) >= 11 is 0. The van der Waals surface area contributed by atoms with Gasteiger partial charge in [-0.05, 0) is 31.1 Å². The van der Waals surface area contributed by atoms with Gasteiger partial charge in [-0.2, -0.15) is 0 Å². The van der Waals surface area contributed by atoms with Gasteiger partial charge >= 0.3 is 0 Å². The lowest BCUT2D eigenvalue weighted by atomic mass is 9.76. The van der Waals surface area contributed by atoms with Crippen molar-refractivity contribution < 1.29 is 9.53 Å². The highest BCUT2D eigenvalue weighted by atomic mass is 16.5. The van der Waals surface area contributed by atoms with Gasteiger partial charge in [0.2, 0.25) is 5.91 Å². The number of hydrogen-bond donors (Lipinski definition) is 0. The Bertz CT molecular complexity index is 329. The Kier molecular flexibility index (Phi) is 3.13. The predicted molar refractivity (Wildman–Crippen MR) is 70.1 cm³/mol. The van der Waals surface area contributed by atoms with Crippen LogP contribution in [-0.2, 0) is 9.53 Å². The van der Waals surface area contributed by atoms with Crippen LogP contribution in [0.2, 0.25) is 0 Å². The Morgan fingerprint density at radius 1 is 1.39 bits per heavy atom. The molecule has 1 atom stereocenters. The third-order valence-electron chi connectivity index (χ3n) is 5.26. The maximum atomic E-state index is 12.1. The fourth-order valence-electron chi connectivity index (χ4n) is 3.83. The summed E-state index contributed by atoms with van der Waals surface area (Å²) in [5.74, 6) is 2.56. The van der Waals surface area contributed by atoms with E-state index in [4.69, 9.17) is 4.74 Å². The molecular weight excluding hydrogens is 226 g/mol. The maximum Gasteiger partial charge on any atom is 0.223 e. The largest absolute Gasteiger partial charge is 0.381 e. The standard InChI is InChI=1S/C15H25NO2/c1-11(2)13-3-4-15(6-13)9-16(10-15)14(17)5-12-7-18-8-12/h11-13H,3-10H2,1-2H3. The smallest absolute Gasteiger partial charge is 0.223 e. The first kappa shape index (κ1) is 12.5. The molecule has 3 aliphatic rings. The van der Waals surface area contributed by atoms with E-state index in [0.29, 0.717) is 23.7 Å². The van der Waals surface area contributed by atoms with Gasteiger partial charge in [0.25, 0.3) is 0 Å². The second-order valence-electron chi connectivity index (χ2n) is 7.10. The zero-order chi connectivity index (χ0) is 12.8. The van der Waals surface area contributed by atoms with E-state index >= 15 is 0 Å². The van der Waals surface area contributed by atoms with E-state index in [1.807, 2.05) is 0 Å². The molecule has 2 heterocycles.